The van der Waals surface area contributed by atoms with Gasteiger partial charge < -0.3 is 9.88 Å². The molecule has 0 aliphatic carbocycles. The molecule has 0 fully saturated rings. The van der Waals surface area contributed by atoms with Crippen LogP contribution < -0.4 is 10.7 Å². The van der Waals surface area contributed by atoms with Gasteiger partial charge in [0, 0.05) is 10.8 Å². The average molecular weight is 334 g/mol. The fraction of sp³-hybridized carbons (Fsp3) is 0.176. The van der Waals surface area contributed by atoms with Crippen LogP contribution in [-0.4, -0.2) is 23.2 Å². The van der Waals surface area contributed by atoms with Crippen molar-refractivity contribution in [2.75, 3.05) is 6.54 Å². The molecule has 4 nitrogen and oxygen atoms in total. The Labute approximate surface area is 134 Å². The predicted molar refractivity (Wildman–Crippen MR) is 84.8 cm³/mol. The highest BCUT2D eigenvalue weighted by atomic mass is 19.4. The van der Waals surface area contributed by atoms with E-state index in [0.29, 0.717) is 21.8 Å². The van der Waals surface area contributed by atoms with Crippen LogP contribution in [0.25, 0.3) is 21.8 Å². The lowest BCUT2D eigenvalue weighted by molar-refractivity contribution is -0.138. The molecule has 1 heterocycles. The van der Waals surface area contributed by atoms with Crippen LogP contribution in [0.1, 0.15) is 0 Å². The first kappa shape index (κ1) is 16.0. The van der Waals surface area contributed by atoms with Gasteiger partial charge in [0.25, 0.3) is 0 Å². The lowest BCUT2D eigenvalue weighted by Crippen LogP contribution is -2.36. The first-order valence-corrected chi connectivity index (χ1v) is 7.20. The normalized spacial score (nSPS) is 11.8. The molecule has 1 N–H and O–H groups in total. The maximum Gasteiger partial charge on any atom is 0.405 e. The number of alkyl halides is 3. The van der Waals surface area contributed by atoms with Gasteiger partial charge in [0.1, 0.15) is 13.1 Å². The van der Waals surface area contributed by atoms with Crippen LogP contribution in [0, 0.1) is 0 Å². The zero-order chi connectivity index (χ0) is 17.3. The number of fused-ring (bicyclic) bond motifs is 2. The summed E-state index contributed by atoms with van der Waals surface area (Å²) in [5.74, 6) is -0.772. The van der Waals surface area contributed by atoms with Crippen molar-refractivity contribution in [1.82, 2.24) is 9.88 Å². The molecule has 2 aromatic carbocycles. The first-order valence-electron chi connectivity index (χ1n) is 7.20. The maximum atomic E-state index is 12.5. The molecular weight excluding hydrogens is 321 g/mol. The number of aromatic nitrogens is 1. The molecule has 0 atom stereocenters. The number of pyridine rings is 1. The number of nitrogens with one attached hydrogen (secondary N) is 1. The molecule has 7 heteroatoms. The Bertz CT molecular complexity index is 917. The predicted octanol–water partition coefficient (Wildman–Crippen LogP) is 2.83. The summed E-state index contributed by atoms with van der Waals surface area (Å²) in [6, 6.07) is 13.4. The summed E-state index contributed by atoms with van der Waals surface area (Å²) < 4.78 is 38.3. The van der Waals surface area contributed by atoms with Crippen LogP contribution in [-0.2, 0) is 11.3 Å². The maximum absolute atomic E-state index is 12.5. The summed E-state index contributed by atoms with van der Waals surface area (Å²) in [7, 11) is 0. The van der Waals surface area contributed by atoms with Gasteiger partial charge in [0.05, 0.1) is 11.0 Å². The van der Waals surface area contributed by atoms with Crippen molar-refractivity contribution in [3.63, 3.8) is 0 Å². The van der Waals surface area contributed by atoms with Crippen molar-refractivity contribution < 1.29 is 18.0 Å². The third-order valence-corrected chi connectivity index (χ3v) is 3.67. The van der Waals surface area contributed by atoms with E-state index >= 15 is 0 Å². The highest BCUT2D eigenvalue weighted by Crippen LogP contribution is 2.19. The number of amides is 1. The first-order chi connectivity index (χ1) is 11.4. The molecule has 1 aromatic heterocycles. The van der Waals surface area contributed by atoms with E-state index in [2.05, 4.69) is 0 Å². The molecule has 1 amide bonds. The molecule has 0 unspecified atom stereocenters. The Morgan fingerprint density at radius 3 is 1.96 bits per heavy atom. The summed E-state index contributed by atoms with van der Waals surface area (Å²) >= 11 is 0. The highest BCUT2D eigenvalue weighted by Gasteiger charge is 2.27. The van der Waals surface area contributed by atoms with Gasteiger partial charge in [-0.2, -0.15) is 13.2 Å². The highest BCUT2D eigenvalue weighted by molar-refractivity contribution is 5.94. The van der Waals surface area contributed by atoms with E-state index in [0.717, 1.165) is 0 Å². The third kappa shape index (κ3) is 3.10. The fourth-order valence-electron chi connectivity index (χ4n) is 2.65. The second-order valence-electron chi connectivity index (χ2n) is 5.34. The van der Waals surface area contributed by atoms with Crippen LogP contribution in [0.2, 0.25) is 0 Å². The van der Waals surface area contributed by atoms with Gasteiger partial charge in [0.2, 0.25) is 5.91 Å². The van der Waals surface area contributed by atoms with Gasteiger partial charge in [-0.05, 0) is 24.3 Å². The number of para-hydroxylation sites is 2. The monoisotopic (exact) mass is 334 g/mol. The van der Waals surface area contributed by atoms with Crippen molar-refractivity contribution in [1.29, 1.82) is 0 Å². The number of hydrogen-bond donors (Lipinski definition) is 1. The standard InChI is InChI=1S/C17H13F3N2O2/c18-17(19,20)10-21-15(23)9-22-13-7-3-1-5-11(13)16(24)12-6-2-4-8-14(12)22/h1-8H,9-10H2,(H,21,23). The Balaban J connectivity index is 2.10. The number of nitrogens with zero attached hydrogens (tertiary/aromatic N) is 1. The minimum absolute atomic E-state index is 0.173. The van der Waals surface area contributed by atoms with E-state index < -0.39 is 18.6 Å². The summed E-state index contributed by atoms with van der Waals surface area (Å²) in [5.41, 5.74) is 0.833. The number of carbonyl (C=O) groups excluding carboxylic acids is 1. The van der Waals surface area contributed by atoms with Crippen molar-refractivity contribution in [3.05, 3.63) is 58.8 Å². The van der Waals surface area contributed by atoms with Crippen molar-refractivity contribution >= 4 is 27.7 Å². The van der Waals surface area contributed by atoms with Gasteiger partial charge in [-0.3, -0.25) is 9.59 Å². The Morgan fingerprint density at radius 1 is 0.958 bits per heavy atom. The fourth-order valence-corrected chi connectivity index (χ4v) is 2.65. The lowest BCUT2D eigenvalue weighted by Gasteiger charge is -2.15. The Hall–Kier alpha value is -2.83. The second-order valence-corrected chi connectivity index (χ2v) is 5.34. The zero-order valence-electron chi connectivity index (χ0n) is 12.4. The van der Waals surface area contributed by atoms with E-state index in [1.807, 2.05) is 5.32 Å². The number of benzene rings is 2. The topological polar surface area (TPSA) is 51.1 Å². The molecule has 0 bridgehead atoms. The lowest BCUT2D eigenvalue weighted by atomic mass is 10.1. The van der Waals surface area contributed by atoms with Crippen LogP contribution >= 0.6 is 0 Å². The van der Waals surface area contributed by atoms with E-state index in [1.165, 1.54) is 0 Å². The van der Waals surface area contributed by atoms with Crippen LogP contribution in [0.3, 0.4) is 0 Å². The van der Waals surface area contributed by atoms with Crippen molar-refractivity contribution in [3.8, 4) is 0 Å². The molecule has 3 aromatic rings. The van der Waals surface area contributed by atoms with E-state index in [1.54, 1.807) is 53.1 Å². The molecule has 124 valence electrons. The van der Waals surface area contributed by atoms with Crippen LogP contribution in [0.5, 0.6) is 0 Å². The van der Waals surface area contributed by atoms with Crippen molar-refractivity contribution in [2.45, 2.75) is 12.7 Å². The minimum Gasteiger partial charge on any atom is -0.345 e. The SMILES string of the molecule is O=C(Cn1c2ccccc2c(=O)c2ccccc21)NCC(F)(F)F. The molecular formula is C17H13F3N2O2. The van der Waals surface area contributed by atoms with Crippen LogP contribution in [0.15, 0.2) is 53.3 Å². The molecule has 0 saturated carbocycles. The second kappa shape index (κ2) is 5.99. The van der Waals surface area contributed by atoms with Gasteiger partial charge in [-0.1, -0.05) is 24.3 Å². The quantitative estimate of drug-likeness (QED) is 0.749. The molecule has 3 rings (SSSR count). The number of carbonyl (C=O) groups is 1. The summed E-state index contributed by atoms with van der Waals surface area (Å²) in [4.78, 5) is 24.4. The third-order valence-electron chi connectivity index (χ3n) is 3.67. The molecule has 24 heavy (non-hydrogen) atoms. The van der Waals surface area contributed by atoms with Crippen LogP contribution in [0.4, 0.5) is 13.2 Å². The van der Waals surface area contributed by atoms with Gasteiger partial charge in [-0.25, -0.2) is 0 Å². The number of rotatable bonds is 3. The zero-order valence-corrected chi connectivity index (χ0v) is 12.4. The number of hydrogen-bond acceptors (Lipinski definition) is 2. The molecule has 0 aliphatic heterocycles. The summed E-state index contributed by atoms with van der Waals surface area (Å²) in [5, 5.41) is 2.69. The van der Waals surface area contributed by atoms with Gasteiger partial charge >= 0.3 is 6.18 Å². The molecule has 0 aliphatic rings. The summed E-state index contributed by atoms with van der Waals surface area (Å²) in [6.07, 6.45) is -4.47. The van der Waals surface area contributed by atoms with Gasteiger partial charge in [-0.15, -0.1) is 0 Å². The largest absolute Gasteiger partial charge is 0.405 e. The minimum atomic E-state index is -4.47. The number of halogens is 3. The average Bonchev–Trinajstić information content (AvgIpc) is 2.56. The molecule has 0 spiro atoms. The van der Waals surface area contributed by atoms with E-state index in [9.17, 15) is 22.8 Å². The van der Waals surface area contributed by atoms with E-state index in [-0.39, 0.29) is 12.0 Å². The van der Waals surface area contributed by atoms with Gasteiger partial charge in [0.15, 0.2) is 5.43 Å². The summed E-state index contributed by atoms with van der Waals surface area (Å²) in [6.45, 7) is -1.70. The van der Waals surface area contributed by atoms with E-state index in [4.69, 9.17) is 0 Å². The Morgan fingerprint density at radius 2 is 1.46 bits per heavy atom. The Kier molecular flexibility index (Phi) is 4.01. The molecule has 0 radical (unpaired) electrons. The molecule has 0 saturated heterocycles. The smallest absolute Gasteiger partial charge is 0.345 e. The van der Waals surface area contributed by atoms with Crippen molar-refractivity contribution in [2.24, 2.45) is 0 Å².